The van der Waals surface area contributed by atoms with Gasteiger partial charge in [0.15, 0.2) is 0 Å². The first-order valence-electron chi connectivity index (χ1n) is 5.16. The van der Waals surface area contributed by atoms with Crippen molar-refractivity contribution < 1.29 is 13.5 Å². The zero-order valence-electron chi connectivity index (χ0n) is 8.92. The molecule has 2 rings (SSSR count). The van der Waals surface area contributed by atoms with E-state index in [0.29, 0.717) is 6.42 Å². The molecule has 1 aliphatic rings. The monoisotopic (exact) mass is 260 g/mol. The first-order chi connectivity index (χ1) is 8.16. The van der Waals surface area contributed by atoms with Gasteiger partial charge in [-0.3, -0.25) is 4.99 Å². The van der Waals surface area contributed by atoms with Crippen LogP contribution in [0.15, 0.2) is 23.2 Å². The van der Waals surface area contributed by atoms with Gasteiger partial charge in [-0.05, 0) is 11.6 Å². The van der Waals surface area contributed by atoms with Crippen molar-refractivity contribution in [2.45, 2.75) is 13.0 Å². The fraction of sp³-hybridized carbons (Fsp3) is 0.364. The number of amidine groups is 1. The minimum Gasteiger partial charge on any atom is -0.433 e. The number of hydrogen-bond acceptors (Lipinski definition) is 3. The third-order valence-electron chi connectivity index (χ3n) is 2.36. The Kier molecular flexibility index (Phi) is 3.78. The van der Waals surface area contributed by atoms with Crippen LogP contribution in [0.2, 0.25) is 5.02 Å². The predicted molar refractivity (Wildman–Crippen MR) is 62.1 cm³/mol. The van der Waals surface area contributed by atoms with Crippen molar-refractivity contribution >= 4 is 17.4 Å². The van der Waals surface area contributed by atoms with Gasteiger partial charge in [0.2, 0.25) is 0 Å². The van der Waals surface area contributed by atoms with E-state index in [1.165, 1.54) is 6.07 Å². The summed E-state index contributed by atoms with van der Waals surface area (Å²) < 4.78 is 28.6. The molecule has 1 heterocycles. The molecule has 0 saturated carbocycles. The van der Waals surface area contributed by atoms with Crippen LogP contribution in [-0.2, 0) is 6.42 Å². The molecule has 0 saturated heterocycles. The lowest BCUT2D eigenvalue weighted by Gasteiger charge is -2.10. The predicted octanol–water partition coefficient (Wildman–Crippen LogP) is 2.49. The van der Waals surface area contributed by atoms with Gasteiger partial charge in [0.1, 0.15) is 11.6 Å². The van der Waals surface area contributed by atoms with E-state index in [1.54, 1.807) is 12.1 Å². The Balaban J connectivity index is 2.16. The van der Waals surface area contributed by atoms with Crippen LogP contribution >= 0.6 is 11.6 Å². The summed E-state index contributed by atoms with van der Waals surface area (Å²) in [6, 6.07) is 4.82. The number of aliphatic imine (C=N–C) groups is 1. The van der Waals surface area contributed by atoms with Gasteiger partial charge >= 0.3 is 6.61 Å². The molecule has 0 amide bonds. The summed E-state index contributed by atoms with van der Waals surface area (Å²) in [4.78, 5) is 4.22. The smallest absolute Gasteiger partial charge is 0.387 e. The second-order valence-electron chi connectivity index (χ2n) is 3.54. The molecule has 0 aliphatic carbocycles. The van der Waals surface area contributed by atoms with Crippen LogP contribution in [0.25, 0.3) is 0 Å². The molecular formula is C11H11ClF2N2O. The fourth-order valence-corrected chi connectivity index (χ4v) is 1.86. The lowest BCUT2D eigenvalue weighted by atomic mass is 10.1. The topological polar surface area (TPSA) is 33.6 Å². The van der Waals surface area contributed by atoms with Gasteiger partial charge in [0.25, 0.3) is 0 Å². The number of ether oxygens (including phenoxy) is 1. The van der Waals surface area contributed by atoms with Crippen molar-refractivity contribution in [3.63, 3.8) is 0 Å². The number of nitrogens with zero attached hydrogens (tertiary/aromatic N) is 1. The van der Waals surface area contributed by atoms with Crippen LogP contribution in [0.4, 0.5) is 8.78 Å². The minimum absolute atomic E-state index is 0.00207. The standard InChI is InChI=1S/C11H11ClF2N2O/c12-10-7(6-9-15-4-5-16-9)2-1-3-8(10)17-11(13)14/h1-3,11H,4-6H2,(H,15,16). The van der Waals surface area contributed by atoms with Crippen molar-refractivity contribution in [3.05, 3.63) is 28.8 Å². The van der Waals surface area contributed by atoms with Crippen LogP contribution in [0.1, 0.15) is 5.56 Å². The van der Waals surface area contributed by atoms with E-state index < -0.39 is 6.61 Å². The number of rotatable bonds is 4. The Hall–Kier alpha value is -1.36. The molecule has 1 aromatic rings. The zero-order valence-corrected chi connectivity index (χ0v) is 9.68. The molecule has 0 fully saturated rings. The molecule has 1 aliphatic heterocycles. The van der Waals surface area contributed by atoms with Gasteiger partial charge in [0.05, 0.1) is 11.6 Å². The first kappa shape index (κ1) is 12.1. The van der Waals surface area contributed by atoms with Gasteiger partial charge in [-0.1, -0.05) is 23.7 Å². The number of nitrogens with one attached hydrogen (secondary N) is 1. The average Bonchev–Trinajstić information content (AvgIpc) is 2.76. The molecule has 1 aromatic carbocycles. The molecule has 0 aromatic heterocycles. The highest BCUT2D eigenvalue weighted by molar-refractivity contribution is 6.33. The number of benzene rings is 1. The SMILES string of the molecule is FC(F)Oc1cccc(CC2=NCCN2)c1Cl. The maximum Gasteiger partial charge on any atom is 0.387 e. The van der Waals surface area contributed by atoms with Gasteiger partial charge in [-0.2, -0.15) is 8.78 Å². The van der Waals surface area contributed by atoms with Crippen molar-refractivity contribution in [1.82, 2.24) is 5.32 Å². The quantitative estimate of drug-likeness (QED) is 0.902. The van der Waals surface area contributed by atoms with E-state index in [4.69, 9.17) is 11.6 Å². The maximum absolute atomic E-state index is 12.1. The lowest BCUT2D eigenvalue weighted by Crippen LogP contribution is -2.20. The summed E-state index contributed by atoms with van der Waals surface area (Å²) in [5.74, 6) is 0.818. The summed E-state index contributed by atoms with van der Waals surface area (Å²) >= 11 is 5.99. The molecule has 92 valence electrons. The summed E-state index contributed by atoms with van der Waals surface area (Å²) in [5, 5.41) is 3.31. The molecule has 3 nitrogen and oxygen atoms in total. The van der Waals surface area contributed by atoms with E-state index >= 15 is 0 Å². The second-order valence-corrected chi connectivity index (χ2v) is 3.92. The molecule has 17 heavy (non-hydrogen) atoms. The van der Waals surface area contributed by atoms with Crippen molar-refractivity contribution in [2.24, 2.45) is 4.99 Å². The van der Waals surface area contributed by atoms with E-state index in [1.807, 2.05) is 0 Å². The molecule has 0 bridgehead atoms. The third-order valence-corrected chi connectivity index (χ3v) is 2.79. The highest BCUT2D eigenvalue weighted by atomic mass is 35.5. The molecular weight excluding hydrogens is 250 g/mol. The highest BCUT2D eigenvalue weighted by Gasteiger charge is 2.14. The van der Waals surface area contributed by atoms with Crippen molar-refractivity contribution in [1.29, 1.82) is 0 Å². The Morgan fingerprint density at radius 3 is 2.94 bits per heavy atom. The van der Waals surface area contributed by atoms with Gasteiger partial charge in [-0.15, -0.1) is 0 Å². The highest BCUT2D eigenvalue weighted by Crippen LogP contribution is 2.29. The molecule has 0 atom stereocenters. The van der Waals surface area contributed by atoms with Crippen LogP contribution < -0.4 is 10.1 Å². The average molecular weight is 261 g/mol. The molecule has 1 N–H and O–H groups in total. The first-order valence-corrected chi connectivity index (χ1v) is 5.54. The van der Waals surface area contributed by atoms with Crippen LogP contribution in [-0.4, -0.2) is 25.5 Å². The molecule has 0 spiro atoms. The Labute approximate surface area is 102 Å². The fourth-order valence-electron chi connectivity index (χ4n) is 1.63. The van der Waals surface area contributed by atoms with E-state index in [9.17, 15) is 8.78 Å². The van der Waals surface area contributed by atoms with Crippen LogP contribution in [0, 0.1) is 0 Å². The zero-order chi connectivity index (χ0) is 12.3. The Morgan fingerprint density at radius 1 is 1.47 bits per heavy atom. The minimum atomic E-state index is -2.87. The summed E-state index contributed by atoms with van der Waals surface area (Å²) in [5.41, 5.74) is 0.720. The Morgan fingerprint density at radius 2 is 2.29 bits per heavy atom. The van der Waals surface area contributed by atoms with Gasteiger partial charge in [-0.25, -0.2) is 0 Å². The van der Waals surface area contributed by atoms with Crippen LogP contribution in [0.3, 0.4) is 0 Å². The normalized spacial score (nSPS) is 14.7. The van der Waals surface area contributed by atoms with Crippen molar-refractivity contribution in [2.75, 3.05) is 13.1 Å². The largest absolute Gasteiger partial charge is 0.433 e. The molecule has 0 radical (unpaired) electrons. The van der Waals surface area contributed by atoms with Crippen LogP contribution in [0.5, 0.6) is 5.75 Å². The summed E-state index contributed by atoms with van der Waals surface area (Å²) in [6.45, 7) is -1.33. The Bertz CT molecular complexity index is 437. The lowest BCUT2D eigenvalue weighted by molar-refractivity contribution is -0.0498. The summed E-state index contributed by atoms with van der Waals surface area (Å²) in [6.07, 6.45) is 0.499. The van der Waals surface area contributed by atoms with Gasteiger partial charge < -0.3 is 10.1 Å². The number of alkyl halides is 2. The van der Waals surface area contributed by atoms with E-state index in [2.05, 4.69) is 15.0 Å². The molecule has 6 heteroatoms. The van der Waals surface area contributed by atoms with Gasteiger partial charge in [0, 0.05) is 13.0 Å². The second kappa shape index (κ2) is 5.31. The number of hydrogen-bond donors (Lipinski definition) is 1. The third kappa shape index (κ3) is 3.06. The van der Waals surface area contributed by atoms with E-state index in [0.717, 1.165) is 24.5 Å². The maximum atomic E-state index is 12.1. The van der Waals surface area contributed by atoms with E-state index in [-0.39, 0.29) is 10.8 Å². The summed E-state index contributed by atoms with van der Waals surface area (Å²) in [7, 11) is 0. The van der Waals surface area contributed by atoms with Crippen molar-refractivity contribution in [3.8, 4) is 5.75 Å². The molecule has 0 unspecified atom stereocenters. The number of halogens is 3.